The summed E-state index contributed by atoms with van der Waals surface area (Å²) in [6.07, 6.45) is 7.93. The molecule has 0 bridgehead atoms. The summed E-state index contributed by atoms with van der Waals surface area (Å²) in [5.41, 5.74) is 0.624. The van der Waals surface area contributed by atoms with Gasteiger partial charge in [0.25, 0.3) is 5.91 Å². The van der Waals surface area contributed by atoms with Crippen LogP contribution in [0.2, 0.25) is 0 Å². The molecule has 0 aromatic carbocycles. The fourth-order valence-corrected chi connectivity index (χ4v) is 3.06. The number of fused-ring (bicyclic) bond motifs is 1. The van der Waals surface area contributed by atoms with E-state index in [4.69, 9.17) is 4.42 Å². The van der Waals surface area contributed by atoms with Gasteiger partial charge in [-0.1, -0.05) is 6.42 Å². The van der Waals surface area contributed by atoms with Crippen LogP contribution in [0.4, 0.5) is 0 Å². The third kappa shape index (κ3) is 2.09. The maximum Gasteiger partial charge on any atom is 0.254 e. The van der Waals surface area contributed by atoms with Gasteiger partial charge in [-0.15, -0.1) is 0 Å². The van der Waals surface area contributed by atoms with Crippen molar-refractivity contribution in [2.45, 2.75) is 37.8 Å². The highest BCUT2D eigenvalue weighted by Crippen LogP contribution is 2.27. The molecule has 2 aliphatic heterocycles. The topological polar surface area (TPSA) is 45.5 Å². The molecule has 4 heteroatoms. The number of amides is 1. The van der Waals surface area contributed by atoms with Gasteiger partial charge in [0.2, 0.25) is 0 Å². The second-order valence-corrected chi connectivity index (χ2v) is 4.98. The molecule has 92 valence electrons. The highest BCUT2D eigenvalue weighted by atomic mass is 16.3. The molecule has 4 nitrogen and oxygen atoms in total. The van der Waals surface area contributed by atoms with Crippen LogP contribution in [0.25, 0.3) is 0 Å². The van der Waals surface area contributed by atoms with E-state index in [1.54, 1.807) is 6.07 Å². The van der Waals surface area contributed by atoms with Crippen LogP contribution in [0.15, 0.2) is 23.0 Å². The summed E-state index contributed by atoms with van der Waals surface area (Å²) in [6.45, 7) is 2.32. The molecule has 1 amide bonds. The van der Waals surface area contributed by atoms with Crippen LogP contribution in [0.1, 0.15) is 36.0 Å². The average Bonchev–Trinajstić information content (AvgIpc) is 2.98. The molecule has 1 aromatic rings. The second kappa shape index (κ2) is 4.53. The van der Waals surface area contributed by atoms with Crippen molar-refractivity contribution in [1.29, 1.82) is 0 Å². The molecule has 2 saturated heterocycles. The first-order valence-electron chi connectivity index (χ1n) is 6.42. The molecule has 17 heavy (non-hydrogen) atoms. The zero-order valence-electron chi connectivity index (χ0n) is 9.89. The van der Waals surface area contributed by atoms with Gasteiger partial charge in [-0.05, 0) is 31.9 Å². The Labute approximate surface area is 101 Å². The largest absolute Gasteiger partial charge is 0.472 e. The van der Waals surface area contributed by atoms with Gasteiger partial charge in [0, 0.05) is 18.6 Å². The SMILES string of the molecule is O=C(N[C@@H]1CCN2CCCC[C@H]12)c1ccoc1. The molecule has 2 aliphatic rings. The number of carbonyl (C=O) groups is 1. The second-order valence-electron chi connectivity index (χ2n) is 4.98. The minimum Gasteiger partial charge on any atom is -0.472 e. The Bertz CT molecular complexity index is 388. The van der Waals surface area contributed by atoms with Crippen LogP contribution >= 0.6 is 0 Å². The molecule has 2 fully saturated rings. The van der Waals surface area contributed by atoms with Crippen LogP contribution in [-0.4, -0.2) is 36.0 Å². The smallest absolute Gasteiger partial charge is 0.254 e. The van der Waals surface area contributed by atoms with Crippen molar-refractivity contribution in [3.05, 3.63) is 24.2 Å². The van der Waals surface area contributed by atoms with E-state index in [0.29, 0.717) is 17.6 Å². The van der Waals surface area contributed by atoms with E-state index in [9.17, 15) is 4.79 Å². The van der Waals surface area contributed by atoms with Crippen molar-refractivity contribution in [3.63, 3.8) is 0 Å². The Morgan fingerprint density at radius 2 is 2.29 bits per heavy atom. The summed E-state index contributed by atoms with van der Waals surface area (Å²) in [5, 5.41) is 3.14. The number of hydrogen-bond donors (Lipinski definition) is 1. The Morgan fingerprint density at radius 3 is 3.12 bits per heavy atom. The Morgan fingerprint density at radius 1 is 1.35 bits per heavy atom. The third-order valence-corrected chi connectivity index (χ3v) is 3.96. The Balaban J connectivity index is 1.64. The number of nitrogens with one attached hydrogen (secondary N) is 1. The monoisotopic (exact) mass is 234 g/mol. The van der Waals surface area contributed by atoms with E-state index in [1.807, 2.05) is 0 Å². The standard InChI is InChI=1S/C13H18N2O2/c16-13(10-5-8-17-9-10)14-11-4-7-15-6-2-1-3-12(11)15/h5,8-9,11-12H,1-4,6-7H2,(H,14,16)/t11-,12-/m1/s1. The zero-order valence-corrected chi connectivity index (χ0v) is 9.89. The van der Waals surface area contributed by atoms with Gasteiger partial charge in [0.05, 0.1) is 11.8 Å². The molecule has 0 saturated carbocycles. The maximum absolute atomic E-state index is 11.9. The fourth-order valence-electron chi connectivity index (χ4n) is 3.06. The first-order valence-corrected chi connectivity index (χ1v) is 6.42. The highest BCUT2D eigenvalue weighted by Gasteiger charge is 2.36. The van der Waals surface area contributed by atoms with Crippen LogP contribution in [0.3, 0.4) is 0 Å². The normalized spacial score (nSPS) is 28.9. The molecular weight excluding hydrogens is 216 g/mol. The van der Waals surface area contributed by atoms with E-state index in [1.165, 1.54) is 38.3 Å². The minimum absolute atomic E-state index is 0.00354. The lowest BCUT2D eigenvalue weighted by molar-refractivity contribution is 0.0914. The number of carbonyl (C=O) groups excluding carboxylic acids is 1. The highest BCUT2D eigenvalue weighted by molar-refractivity contribution is 5.94. The van der Waals surface area contributed by atoms with E-state index in [2.05, 4.69) is 10.2 Å². The lowest BCUT2D eigenvalue weighted by Crippen LogP contribution is -2.46. The molecule has 3 rings (SSSR count). The quantitative estimate of drug-likeness (QED) is 0.846. The van der Waals surface area contributed by atoms with Gasteiger partial charge in [-0.2, -0.15) is 0 Å². The van der Waals surface area contributed by atoms with E-state index < -0.39 is 0 Å². The molecule has 0 aliphatic carbocycles. The minimum atomic E-state index is -0.00354. The predicted octanol–water partition coefficient (Wildman–Crippen LogP) is 1.64. The van der Waals surface area contributed by atoms with Gasteiger partial charge in [0.15, 0.2) is 0 Å². The van der Waals surface area contributed by atoms with Gasteiger partial charge < -0.3 is 9.73 Å². The summed E-state index contributed by atoms with van der Waals surface area (Å²) in [7, 11) is 0. The number of piperidine rings is 1. The van der Waals surface area contributed by atoms with Crippen molar-refractivity contribution in [2.75, 3.05) is 13.1 Å². The lowest BCUT2D eigenvalue weighted by atomic mass is 9.99. The third-order valence-electron chi connectivity index (χ3n) is 3.96. The Kier molecular flexibility index (Phi) is 2.89. The van der Waals surface area contributed by atoms with Crippen LogP contribution in [0.5, 0.6) is 0 Å². The molecule has 2 atom stereocenters. The maximum atomic E-state index is 11.9. The molecular formula is C13H18N2O2. The number of hydrogen-bond acceptors (Lipinski definition) is 3. The van der Waals surface area contributed by atoms with Crippen molar-refractivity contribution in [3.8, 4) is 0 Å². The van der Waals surface area contributed by atoms with Gasteiger partial charge in [-0.3, -0.25) is 9.69 Å². The molecule has 1 aromatic heterocycles. The molecule has 3 heterocycles. The fraction of sp³-hybridized carbons (Fsp3) is 0.615. The number of rotatable bonds is 2. The van der Waals surface area contributed by atoms with Crippen LogP contribution in [-0.2, 0) is 0 Å². The zero-order chi connectivity index (χ0) is 11.7. The lowest BCUT2D eigenvalue weighted by Gasteiger charge is -2.32. The molecule has 0 radical (unpaired) electrons. The summed E-state index contributed by atoms with van der Waals surface area (Å²) >= 11 is 0. The number of nitrogens with zero attached hydrogens (tertiary/aromatic N) is 1. The van der Waals surface area contributed by atoms with Crippen molar-refractivity contribution >= 4 is 5.91 Å². The first kappa shape index (κ1) is 10.8. The molecule has 1 N–H and O–H groups in total. The summed E-state index contributed by atoms with van der Waals surface area (Å²) < 4.78 is 4.94. The summed E-state index contributed by atoms with van der Waals surface area (Å²) in [6, 6.07) is 2.58. The van der Waals surface area contributed by atoms with E-state index in [-0.39, 0.29) is 5.91 Å². The van der Waals surface area contributed by atoms with E-state index in [0.717, 1.165) is 13.0 Å². The predicted molar refractivity (Wildman–Crippen MR) is 63.8 cm³/mol. The Hall–Kier alpha value is -1.29. The van der Waals surface area contributed by atoms with Crippen molar-refractivity contribution < 1.29 is 9.21 Å². The average molecular weight is 234 g/mol. The number of furan rings is 1. The van der Waals surface area contributed by atoms with Crippen LogP contribution in [0, 0.1) is 0 Å². The van der Waals surface area contributed by atoms with Gasteiger partial charge in [-0.25, -0.2) is 0 Å². The van der Waals surface area contributed by atoms with E-state index >= 15 is 0 Å². The first-order chi connectivity index (χ1) is 8.34. The molecule has 0 unspecified atom stereocenters. The van der Waals surface area contributed by atoms with Gasteiger partial charge in [0.1, 0.15) is 6.26 Å². The summed E-state index contributed by atoms with van der Waals surface area (Å²) in [5.74, 6) is -0.00354. The van der Waals surface area contributed by atoms with Crippen molar-refractivity contribution in [2.24, 2.45) is 0 Å². The van der Waals surface area contributed by atoms with Gasteiger partial charge >= 0.3 is 0 Å². The molecule has 0 spiro atoms. The van der Waals surface area contributed by atoms with Crippen molar-refractivity contribution in [1.82, 2.24) is 10.2 Å². The summed E-state index contributed by atoms with van der Waals surface area (Å²) in [4.78, 5) is 14.5. The van der Waals surface area contributed by atoms with Crippen LogP contribution < -0.4 is 5.32 Å².